The third-order valence-corrected chi connectivity index (χ3v) is 8.78. The molecule has 3 unspecified atom stereocenters. The normalized spacial score (nSPS) is 30.3. The minimum atomic E-state index is -1.13. The number of alkyl halides is 1. The lowest BCUT2D eigenvalue weighted by Crippen LogP contribution is -2.61. The molecule has 3 saturated heterocycles. The van der Waals surface area contributed by atoms with Gasteiger partial charge in [-0.1, -0.05) is 48.9 Å². The molecule has 8 nitrogen and oxygen atoms in total. The first kappa shape index (κ1) is 30.8. The van der Waals surface area contributed by atoms with E-state index >= 15 is 0 Å². The van der Waals surface area contributed by atoms with Crippen molar-refractivity contribution in [3.05, 3.63) is 25.3 Å². The van der Waals surface area contributed by atoms with Crippen LogP contribution in [-0.4, -0.2) is 87.1 Å². The van der Waals surface area contributed by atoms with Gasteiger partial charge in [0.1, 0.15) is 11.6 Å². The van der Waals surface area contributed by atoms with Crippen LogP contribution >= 0.6 is 15.9 Å². The molecule has 38 heavy (non-hydrogen) atoms. The molecule has 3 aliphatic heterocycles. The van der Waals surface area contributed by atoms with E-state index < -0.39 is 41.1 Å². The van der Waals surface area contributed by atoms with Crippen LogP contribution in [0.4, 0.5) is 0 Å². The molecule has 0 radical (unpaired) electrons. The summed E-state index contributed by atoms with van der Waals surface area (Å²) in [6.07, 6.45) is 5.58. The van der Waals surface area contributed by atoms with Crippen LogP contribution in [0.1, 0.15) is 66.7 Å². The predicted octanol–water partition coefficient (Wildman–Crippen LogP) is 3.86. The third kappa shape index (κ3) is 5.75. The van der Waals surface area contributed by atoms with E-state index in [0.29, 0.717) is 38.8 Å². The summed E-state index contributed by atoms with van der Waals surface area (Å²) in [4.78, 5) is 45.1. The number of amides is 2. The van der Waals surface area contributed by atoms with Crippen LogP contribution in [0.3, 0.4) is 0 Å². The molecule has 6 atom stereocenters. The topological polar surface area (TPSA) is 96.4 Å². The molecule has 3 rings (SSSR count). The van der Waals surface area contributed by atoms with Gasteiger partial charge in [-0.25, -0.2) is 0 Å². The minimum absolute atomic E-state index is 0.00325. The van der Waals surface area contributed by atoms with E-state index in [0.717, 1.165) is 6.42 Å². The lowest BCUT2D eigenvalue weighted by molar-refractivity contribution is -0.156. The lowest BCUT2D eigenvalue weighted by Gasteiger charge is -2.45. The summed E-state index contributed by atoms with van der Waals surface area (Å²) in [6.45, 7) is 18.9. The number of esters is 1. The van der Waals surface area contributed by atoms with Crippen molar-refractivity contribution in [2.75, 3.05) is 26.3 Å². The van der Waals surface area contributed by atoms with E-state index in [9.17, 15) is 19.5 Å². The molecule has 0 aromatic heterocycles. The number of likely N-dealkylation sites (tertiary alicyclic amines) is 1. The maximum Gasteiger partial charge on any atom is 0.312 e. The molecule has 3 aliphatic rings. The highest BCUT2D eigenvalue weighted by atomic mass is 79.9. The fourth-order valence-electron chi connectivity index (χ4n) is 6.96. The van der Waals surface area contributed by atoms with Crippen molar-refractivity contribution in [2.45, 2.75) is 94.8 Å². The summed E-state index contributed by atoms with van der Waals surface area (Å²) in [5.41, 5.74) is -1.70. The van der Waals surface area contributed by atoms with Crippen LogP contribution in [0.15, 0.2) is 25.3 Å². The summed E-state index contributed by atoms with van der Waals surface area (Å²) in [6, 6.07) is -0.881. The van der Waals surface area contributed by atoms with Gasteiger partial charge >= 0.3 is 5.97 Å². The zero-order valence-corrected chi connectivity index (χ0v) is 25.2. The quantitative estimate of drug-likeness (QED) is 0.150. The number of aliphatic hydroxyl groups excluding tert-OH is 1. The summed E-state index contributed by atoms with van der Waals surface area (Å²) in [5.74, 6) is -2.50. The number of unbranched alkanes of at least 4 members (excludes halogenated alkanes) is 1. The molecule has 0 saturated carbocycles. The second-order valence-electron chi connectivity index (χ2n) is 12.7. The maximum atomic E-state index is 14.6. The van der Waals surface area contributed by atoms with Crippen molar-refractivity contribution >= 4 is 33.7 Å². The molecule has 0 aliphatic carbocycles. The van der Waals surface area contributed by atoms with Gasteiger partial charge in [-0.2, -0.15) is 0 Å². The Morgan fingerprint density at radius 1 is 1.24 bits per heavy atom. The highest BCUT2D eigenvalue weighted by Gasteiger charge is 2.77. The second-order valence-corrected chi connectivity index (χ2v) is 13.8. The summed E-state index contributed by atoms with van der Waals surface area (Å²) >= 11 is 3.69. The number of carbonyl (C=O) groups excluding carboxylic acids is 3. The zero-order valence-electron chi connectivity index (χ0n) is 23.6. The summed E-state index contributed by atoms with van der Waals surface area (Å²) in [5, 5.41) is 9.38. The van der Waals surface area contributed by atoms with E-state index in [4.69, 9.17) is 9.47 Å². The van der Waals surface area contributed by atoms with Crippen molar-refractivity contribution in [3.63, 3.8) is 0 Å². The number of hydrogen-bond acceptors (Lipinski definition) is 6. The fourth-order valence-corrected chi connectivity index (χ4v) is 7.90. The average molecular weight is 598 g/mol. The first-order valence-corrected chi connectivity index (χ1v) is 14.6. The number of fused-ring (bicyclic) bond motifs is 1. The number of halogens is 1. The molecule has 2 bridgehead atoms. The third-order valence-electron chi connectivity index (χ3n) is 7.94. The molecule has 2 amide bonds. The second kappa shape index (κ2) is 11.8. The Balaban J connectivity index is 2.05. The lowest BCUT2D eigenvalue weighted by atomic mass is 9.70. The van der Waals surface area contributed by atoms with Crippen molar-refractivity contribution in [2.24, 2.45) is 17.3 Å². The minimum Gasteiger partial charge on any atom is -0.465 e. The molecular formula is C29H45BrN2O6. The Bertz CT molecular complexity index is 931. The van der Waals surface area contributed by atoms with Crippen molar-refractivity contribution in [3.8, 4) is 0 Å². The van der Waals surface area contributed by atoms with E-state index in [1.54, 1.807) is 17.1 Å². The molecule has 3 fully saturated rings. The Hall–Kier alpha value is -1.71. The molecular weight excluding hydrogens is 552 g/mol. The van der Waals surface area contributed by atoms with Gasteiger partial charge in [0.15, 0.2) is 0 Å². The number of carbonyl (C=O) groups is 3. The SMILES string of the molecule is C=CCCOC(=O)[C@H]1[C@H]2C(=O)N(CCCCO)C(C(=O)N(CC=C)C(C)(C)CC(C)(C)C)C23CC(Br)[C@@H]1O3. The number of nitrogens with zero attached hydrogens (tertiary/aromatic N) is 2. The number of hydrogen-bond donors (Lipinski definition) is 1. The van der Waals surface area contributed by atoms with Gasteiger partial charge in [0.25, 0.3) is 0 Å². The molecule has 214 valence electrons. The summed E-state index contributed by atoms with van der Waals surface area (Å²) < 4.78 is 12.1. The van der Waals surface area contributed by atoms with Crippen LogP contribution in [0.25, 0.3) is 0 Å². The average Bonchev–Trinajstić information content (AvgIpc) is 3.39. The van der Waals surface area contributed by atoms with E-state index in [-0.39, 0.29) is 35.3 Å². The van der Waals surface area contributed by atoms with E-state index in [1.165, 1.54) is 0 Å². The van der Waals surface area contributed by atoms with Gasteiger partial charge in [0.05, 0.1) is 24.5 Å². The van der Waals surface area contributed by atoms with Gasteiger partial charge in [0, 0.05) is 30.1 Å². The van der Waals surface area contributed by atoms with Crippen molar-refractivity contribution in [1.82, 2.24) is 9.80 Å². The van der Waals surface area contributed by atoms with Gasteiger partial charge < -0.3 is 24.4 Å². The van der Waals surface area contributed by atoms with Gasteiger partial charge in [-0.05, 0) is 51.4 Å². The van der Waals surface area contributed by atoms with Gasteiger partial charge in [-0.15, -0.1) is 13.2 Å². The first-order valence-electron chi connectivity index (χ1n) is 13.7. The molecule has 3 heterocycles. The standard InChI is InChI=1S/C29H45BrN2O6/c1-8-10-16-37-26(36)20-21-24(34)31(14-11-12-15-33)23(29(21)17-19(30)22(20)38-29)25(35)32(13-9-2)28(6,7)18-27(3,4)5/h8-9,19-23,33H,1-2,10-18H2,3-7H3/t19?,20-,21-,22-,23?,29?/m0/s1. The number of rotatable bonds is 13. The number of ether oxygens (including phenoxy) is 2. The Morgan fingerprint density at radius 2 is 1.92 bits per heavy atom. The highest BCUT2D eigenvalue weighted by Crippen LogP contribution is 2.60. The summed E-state index contributed by atoms with van der Waals surface area (Å²) in [7, 11) is 0. The van der Waals surface area contributed by atoms with Crippen molar-refractivity contribution in [1.29, 1.82) is 0 Å². The van der Waals surface area contributed by atoms with E-state index in [2.05, 4.69) is 49.9 Å². The Labute approximate surface area is 235 Å². The Morgan fingerprint density at radius 3 is 2.50 bits per heavy atom. The van der Waals surface area contributed by atoms with Gasteiger partial charge in [0.2, 0.25) is 11.8 Å². The first-order chi connectivity index (χ1) is 17.8. The van der Waals surface area contributed by atoms with Crippen molar-refractivity contribution < 1.29 is 29.0 Å². The van der Waals surface area contributed by atoms with Crippen LogP contribution in [0.2, 0.25) is 0 Å². The molecule has 0 aromatic rings. The zero-order chi connectivity index (χ0) is 28.5. The van der Waals surface area contributed by atoms with Crippen LogP contribution in [0, 0.1) is 17.3 Å². The largest absolute Gasteiger partial charge is 0.465 e. The highest BCUT2D eigenvalue weighted by molar-refractivity contribution is 9.09. The Kier molecular flexibility index (Phi) is 9.58. The molecule has 1 spiro atoms. The van der Waals surface area contributed by atoms with Crippen LogP contribution < -0.4 is 0 Å². The van der Waals surface area contributed by atoms with Crippen LogP contribution in [0.5, 0.6) is 0 Å². The maximum absolute atomic E-state index is 14.6. The molecule has 0 aromatic carbocycles. The van der Waals surface area contributed by atoms with E-state index in [1.807, 2.05) is 18.7 Å². The number of aliphatic hydroxyl groups is 1. The van der Waals surface area contributed by atoms with Crippen LogP contribution in [-0.2, 0) is 23.9 Å². The smallest absolute Gasteiger partial charge is 0.312 e. The predicted molar refractivity (Wildman–Crippen MR) is 150 cm³/mol. The fraction of sp³-hybridized carbons (Fsp3) is 0.759. The molecule has 1 N–H and O–H groups in total. The monoisotopic (exact) mass is 596 g/mol. The van der Waals surface area contributed by atoms with Gasteiger partial charge in [-0.3, -0.25) is 14.4 Å². The molecule has 9 heteroatoms.